The molecular weight excluding hydrogens is 256 g/mol. The Labute approximate surface area is 114 Å². The van der Waals surface area contributed by atoms with Crippen LogP contribution in [0.4, 0.5) is 0 Å². The molecule has 0 aliphatic heterocycles. The van der Waals surface area contributed by atoms with Crippen LogP contribution in [-0.2, 0) is 20.1 Å². The zero-order valence-corrected chi connectivity index (χ0v) is 11.0. The van der Waals surface area contributed by atoms with Gasteiger partial charge < -0.3 is 9.88 Å². The number of aryl methyl sites for hydroxylation is 1. The average Bonchev–Trinajstić information content (AvgIpc) is 2.85. The van der Waals surface area contributed by atoms with Crippen LogP contribution >= 0.6 is 0 Å². The smallest absolute Gasteiger partial charge is 0.258 e. The fourth-order valence-corrected chi connectivity index (χ4v) is 1.96. The second kappa shape index (κ2) is 5.22. The molecule has 0 unspecified atom stereocenters. The molecule has 0 aliphatic rings. The van der Waals surface area contributed by atoms with Crippen molar-refractivity contribution >= 4 is 5.65 Å². The van der Waals surface area contributed by atoms with Gasteiger partial charge in [0.25, 0.3) is 5.56 Å². The summed E-state index contributed by atoms with van der Waals surface area (Å²) < 4.78 is 3.36. The first-order valence-electron chi connectivity index (χ1n) is 6.25. The van der Waals surface area contributed by atoms with Crippen LogP contribution in [-0.4, -0.2) is 24.1 Å². The summed E-state index contributed by atoms with van der Waals surface area (Å²) in [5.74, 6) is 0.836. The molecule has 3 rings (SSSR count). The van der Waals surface area contributed by atoms with Gasteiger partial charge in [0.2, 0.25) is 0 Å². The lowest BCUT2D eigenvalue weighted by Crippen LogP contribution is -2.20. The summed E-state index contributed by atoms with van der Waals surface area (Å²) in [6, 6.07) is 7.02. The molecule has 0 amide bonds. The highest BCUT2D eigenvalue weighted by Gasteiger charge is 2.03. The van der Waals surface area contributed by atoms with Gasteiger partial charge in [-0.3, -0.25) is 9.20 Å². The van der Waals surface area contributed by atoms with Gasteiger partial charge in [-0.25, -0.2) is 4.98 Å². The van der Waals surface area contributed by atoms with Gasteiger partial charge in [-0.05, 0) is 12.1 Å². The van der Waals surface area contributed by atoms with E-state index in [4.69, 9.17) is 0 Å². The Bertz CT molecular complexity index is 791. The summed E-state index contributed by atoms with van der Waals surface area (Å²) >= 11 is 0. The number of aromatic nitrogens is 5. The number of fused-ring (bicyclic) bond motifs is 1. The van der Waals surface area contributed by atoms with Gasteiger partial charge in [0.1, 0.15) is 17.8 Å². The third-order valence-corrected chi connectivity index (χ3v) is 3.02. The van der Waals surface area contributed by atoms with Crippen LogP contribution in [0.25, 0.3) is 5.65 Å². The maximum atomic E-state index is 11.9. The van der Waals surface area contributed by atoms with E-state index in [1.165, 1.54) is 10.5 Å². The molecule has 0 radical (unpaired) electrons. The standard InChI is InChI=1S/C13H14N6O/c1-18-9-15-17-12(18)8-14-7-10-6-13(20)19-5-3-2-4-11(19)16-10/h2-6,9,14H,7-8H2,1H3. The van der Waals surface area contributed by atoms with Crippen LogP contribution in [0.2, 0.25) is 0 Å². The summed E-state index contributed by atoms with van der Waals surface area (Å²) in [6.07, 6.45) is 3.36. The van der Waals surface area contributed by atoms with Crippen LogP contribution < -0.4 is 10.9 Å². The highest BCUT2D eigenvalue weighted by molar-refractivity contribution is 5.37. The van der Waals surface area contributed by atoms with Gasteiger partial charge in [0, 0.05) is 25.9 Å². The lowest BCUT2D eigenvalue weighted by molar-refractivity contribution is 0.628. The summed E-state index contributed by atoms with van der Waals surface area (Å²) in [4.78, 5) is 16.3. The van der Waals surface area contributed by atoms with Crippen molar-refractivity contribution in [2.24, 2.45) is 7.05 Å². The summed E-state index contributed by atoms with van der Waals surface area (Å²) in [6.45, 7) is 1.08. The normalized spacial score (nSPS) is 11.1. The van der Waals surface area contributed by atoms with E-state index in [1.54, 1.807) is 12.5 Å². The van der Waals surface area contributed by atoms with Crippen molar-refractivity contribution in [2.45, 2.75) is 13.1 Å². The van der Waals surface area contributed by atoms with E-state index in [0.29, 0.717) is 24.4 Å². The van der Waals surface area contributed by atoms with E-state index >= 15 is 0 Å². The second-order valence-corrected chi connectivity index (χ2v) is 4.48. The molecule has 20 heavy (non-hydrogen) atoms. The quantitative estimate of drug-likeness (QED) is 0.728. The fourth-order valence-electron chi connectivity index (χ4n) is 1.96. The van der Waals surface area contributed by atoms with E-state index in [9.17, 15) is 4.79 Å². The molecule has 7 heteroatoms. The molecule has 3 aromatic rings. The Hall–Kier alpha value is -2.54. The van der Waals surface area contributed by atoms with Crippen LogP contribution in [0.15, 0.2) is 41.6 Å². The van der Waals surface area contributed by atoms with Crippen LogP contribution in [0.3, 0.4) is 0 Å². The van der Waals surface area contributed by atoms with Crippen molar-refractivity contribution in [2.75, 3.05) is 0 Å². The minimum Gasteiger partial charge on any atom is -0.320 e. The molecule has 0 aromatic carbocycles. The van der Waals surface area contributed by atoms with Crippen LogP contribution in [0.5, 0.6) is 0 Å². The maximum Gasteiger partial charge on any atom is 0.258 e. The lowest BCUT2D eigenvalue weighted by atomic mass is 10.3. The maximum absolute atomic E-state index is 11.9. The Morgan fingerprint density at radius 2 is 2.20 bits per heavy atom. The van der Waals surface area contributed by atoms with E-state index in [-0.39, 0.29) is 5.56 Å². The van der Waals surface area contributed by atoms with Gasteiger partial charge in [0.05, 0.1) is 12.2 Å². The molecule has 0 spiro atoms. The minimum absolute atomic E-state index is 0.0777. The van der Waals surface area contributed by atoms with E-state index in [1.807, 2.05) is 29.8 Å². The third-order valence-electron chi connectivity index (χ3n) is 3.02. The van der Waals surface area contributed by atoms with E-state index in [2.05, 4.69) is 20.5 Å². The molecule has 3 aromatic heterocycles. The van der Waals surface area contributed by atoms with Gasteiger partial charge in [-0.2, -0.15) is 0 Å². The Morgan fingerprint density at radius 3 is 3.00 bits per heavy atom. The van der Waals surface area contributed by atoms with E-state index in [0.717, 1.165) is 5.82 Å². The second-order valence-electron chi connectivity index (χ2n) is 4.48. The Kier molecular flexibility index (Phi) is 3.26. The molecule has 0 aliphatic carbocycles. The van der Waals surface area contributed by atoms with Crippen molar-refractivity contribution in [1.29, 1.82) is 0 Å². The van der Waals surface area contributed by atoms with Crippen molar-refractivity contribution < 1.29 is 0 Å². The Morgan fingerprint density at radius 1 is 1.30 bits per heavy atom. The number of hydrogen-bond donors (Lipinski definition) is 1. The molecule has 3 heterocycles. The average molecular weight is 270 g/mol. The molecule has 0 saturated carbocycles. The van der Waals surface area contributed by atoms with Crippen molar-refractivity contribution in [3.8, 4) is 0 Å². The first-order valence-corrected chi connectivity index (χ1v) is 6.25. The number of pyridine rings is 1. The highest BCUT2D eigenvalue weighted by Crippen LogP contribution is 1.99. The van der Waals surface area contributed by atoms with Crippen LogP contribution in [0.1, 0.15) is 11.5 Å². The van der Waals surface area contributed by atoms with Crippen molar-refractivity contribution in [1.82, 2.24) is 29.5 Å². The first kappa shape index (κ1) is 12.5. The van der Waals surface area contributed by atoms with E-state index < -0.39 is 0 Å². The number of nitrogens with one attached hydrogen (secondary N) is 1. The lowest BCUT2D eigenvalue weighted by Gasteiger charge is -2.05. The topological polar surface area (TPSA) is 77.1 Å². The summed E-state index contributed by atoms with van der Waals surface area (Å²) in [5, 5.41) is 11.0. The molecule has 102 valence electrons. The zero-order valence-electron chi connectivity index (χ0n) is 11.0. The van der Waals surface area contributed by atoms with Gasteiger partial charge >= 0.3 is 0 Å². The number of nitrogens with zero attached hydrogens (tertiary/aromatic N) is 5. The number of hydrogen-bond acceptors (Lipinski definition) is 5. The van der Waals surface area contributed by atoms with Gasteiger partial charge in [0.15, 0.2) is 0 Å². The third kappa shape index (κ3) is 2.43. The Balaban J connectivity index is 1.75. The zero-order chi connectivity index (χ0) is 13.9. The van der Waals surface area contributed by atoms with Crippen LogP contribution in [0, 0.1) is 0 Å². The first-order chi connectivity index (χ1) is 9.74. The molecule has 0 saturated heterocycles. The number of rotatable bonds is 4. The SMILES string of the molecule is Cn1cnnc1CNCc1cc(=O)n2ccccc2n1. The molecular formula is C13H14N6O. The van der Waals surface area contributed by atoms with Gasteiger partial charge in [-0.1, -0.05) is 6.07 Å². The minimum atomic E-state index is -0.0777. The monoisotopic (exact) mass is 270 g/mol. The summed E-state index contributed by atoms with van der Waals surface area (Å²) in [7, 11) is 1.89. The molecule has 1 N–H and O–H groups in total. The fraction of sp³-hybridized carbons (Fsp3) is 0.231. The molecule has 0 fully saturated rings. The van der Waals surface area contributed by atoms with Gasteiger partial charge in [-0.15, -0.1) is 10.2 Å². The molecule has 0 atom stereocenters. The predicted molar refractivity (Wildman–Crippen MR) is 73.0 cm³/mol. The van der Waals surface area contributed by atoms with Crippen molar-refractivity contribution in [3.63, 3.8) is 0 Å². The predicted octanol–water partition coefficient (Wildman–Crippen LogP) is 0.113. The summed E-state index contributed by atoms with van der Waals surface area (Å²) in [5.41, 5.74) is 1.28. The largest absolute Gasteiger partial charge is 0.320 e. The molecule has 0 bridgehead atoms. The highest BCUT2D eigenvalue weighted by atomic mass is 16.1. The molecule has 7 nitrogen and oxygen atoms in total. The van der Waals surface area contributed by atoms with Crippen molar-refractivity contribution in [3.05, 3.63) is 58.7 Å².